The Morgan fingerprint density at radius 2 is 2.00 bits per heavy atom. The molecule has 2 N–H and O–H groups in total. The van der Waals surface area contributed by atoms with E-state index >= 15 is 0 Å². The molecule has 0 bridgehead atoms. The fourth-order valence-corrected chi connectivity index (χ4v) is 3.81. The Kier molecular flexibility index (Phi) is 5.36. The van der Waals surface area contributed by atoms with Gasteiger partial charge in [0.25, 0.3) is 0 Å². The molecule has 1 aromatic rings. The molecule has 1 aliphatic carbocycles. The van der Waals surface area contributed by atoms with E-state index in [1.165, 1.54) is 12.8 Å². The highest BCUT2D eigenvalue weighted by Gasteiger charge is 2.38. The minimum absolute atomic E-state index is 0.0803. The second-order valence-corrected chi connectivity index (χ2v) is 6.93. The molecule has 3 rings (SSSR count). The van der Waals surface area contributed by atoms with Crippen molar-refractivity contribution in [1.29, 1.82) is 0 Å². The topological polar surface area (TPSA) is 86.7 Å². The Balaban J connectivity index is 1.47. The first-order valence-corrected chi connectivity index (χ1v) is 8.94. The van der Waals surface area contributed by atoms with Crippen LogP contribution in [0.25, 0.3) is 0 Å². The Bertz CT molecular complexity index is 667. The maximum Gasteiger partial charge on any atom is 0.335 e. The van der Waals surface area contributed by atoms with Gasteiger partial charge < -0.3 is 15.3 Å². The first-order chi connectivity index (χ1) is 12.0. The Labute approximate surface area is 147 Å². The number of benzene rings is 1. The Morgan fingerprint density at radius 1 is 1.24 bits per heavy atom. The lowest BCUT2D eigenvalue weighted by atomic mass is 10.1. The summed E-state index contributed by atoms with van der Waals surface area (Å²) in [7, 11) is 0. The maximum absolute atomic E-state index is 12.3. The summed E-state index contributed by atoms with van der Waals surface area (Å²) < 4.78 is 0. The summed E-state index contributed by atoms with van der Waals surface area (Å²) in [5.41, 5.74) is 1.12. The van der Waals surface area contributed by atoms with Crippen molar-refractivity contribution in [2.45, 2.75) is 44.6 Å². The first kappa shape index (κ1) is 17.5. The molecular weight excluding hydrogens is 320 g/mol. The molecule has 0 radical (unpaired) electrons. The lowest BCUT2D eigenvalue weighted by molar-refractivity contribution is -0.130. The quantitative estimate of drug-likeness (QED) is 0.824. The molecule has 1 saturated heterocycles. The van der Waals surface area contributed by atoms with E-state index in [4.69, 9.17) is 5.11 Å². The molecule has 0 spiro atoms. The summed E-state index contributed by atoms with van der Waals surface area (Å²) in [5.74, 6) is -1.20. The van der Waals surface area contributed by atoms with E-state index in [1.807, 2.05) is 11.0 Å². The van der Waals surface area contributed by atoms with E-state index in [0.29, 0.717) is 32.0 Å². The average Bonchev–Trinajstić information content (AvgIpc) is 3.24. The molecular formula is C19H24N2O4. The van der Waals surface area contributed by atoms with Gasteiger partial charge in [-0.2, -0.15) is 0 Å². The molecule has 0 aromatic heterocycles. The summed E-state index contributed by atoms with van der Waals surface area (Å²) in [6, 6.07) is 7.04. The molecule has 6 nitrogen and oxygen atoms in total. The Hall–Kier alpha value is -2.37. The largest absolute Gasteiger partial charge is 0.478 e. The van der Waals surface area contributed by atoms with Crippen LogP contribution in [0.1, 0.15) is 48.0 Å². The fraction of sp³-hybridized carbons (Fsp3) is 0.526. The third-order valence-corrected chi connectivity index (χ3v) is 5.18. The van der Waals surface area contributed by atoms with Crippen LogP contribution in [0.15, 0.2) is 24.3 Å². The zero-order valence-corrected chi connectivity index (χ0v) is 14.2. The highest BCUT2D eigenvalue weighted by atomic mass is 16.4. The van der Waals surface area contributed by atoms with Crippen molar-refractivity contribution in [2.24, 2.45) is 5.92 Å². The van der Waals surface area contributed by atoms with Crippen LogP contribution < -0.4 is 5.32 Å². The molecule has 6 heteroatoms. The summed E-state index contributed by atoms with van der Waals surface area (Å²) in [5, 5.41) is 11.9. The fourth-order valence-electron chi connectivity index (χ4n) is 3.81. The smallest absolute Gasteiger partial charge is 0.335 e. The van der Waals surface area contributed by atoms with Gasteiger partial charge in [0.15, 0.2) is 0 Å². The van der Waals surface area contributed by atoms with Crippen LogP contribution in [0.3, 0.4) is 0 Å². The van der Waals surface area contributed by atoms with Gasteiger partial charge in [-0.25, -0.2) is 4.79 Å². The van der Waals surface area contributed by atoms with Crippen LogP contribution in [0, 0.1) is 5.92 Å². The molecule has 1 saturated carbocycles. The van der Waals surface area contributed by atoms with Crippen molar-refractivity contribution < 1.29 is 19.5 Å². The average molecular weight is 344 g/mol. The first-order valence-electron chi connectivity index (χ1n) is 8.94. The van der Waals surface area contributed by atoms with Crippen molar-refractivity contribution in [1.82, 2.24) is 10.2 Å². The number of rotatable bonds is 6. The highest BCUT2D eigenvalue weighted by molar-refractivity contribution is 5.89. The number of hydrogen-bond donors (Lipinski definition) is 2. The lowest BCUT2D eigenvalue weighted by Crippen LogP contribution is -2.37. The second kappa shape index (κ2) is 7.68. The molecule has 1 unspecified atom stereocenters. The minimum Gasteiger partial charge on any atom is -0.478 e. The summed E-state index contributed by atoms with van der Waals surface area (Å²) >= 11 is 0. The van der Waals surface area contributed by atoms with Crippen LogP contribution in [0.5, 0.6) is 0 Å². The minimum atomic E-state index is -0.956. The third kappa shape index (κ3) is 4.18. The van der Waals surface area contributed by atoms with Gasteiger partial charge >= 0.3 is 5.97 Å². The molecule has 2 aliphatic rings. The van der Waals surface area contributed by atoms with Crippen LogP contribution in [0.4, 0.5) is 0 Å². The van der Waals surface area contributed by atoms with Crippen molar-refractivity contribution in [3.8, 4) is 0 Å². The number of nitrogens with one attached hydrogen (secondary N) is 1. The summed E-state index contributed by atoms with van der Waals surface area (Å²) in [6.07, 6.45) is 5.32. The number of aromatic carboxylic acids is 1. The van der Waals surface area contributed by atoms with Gasteiger partial charge in [0.2, 0.25) is 11.8 Å². The van der Waals surface area contributed by atoms with Gasteiger partial charge in [-0.15, -0.1) is 0 Å². The van der Waals surface area contributed by atoms with E-state index in [-0.39, 0.29) is 23.3 Å². The van der Waals surface area contributed by atoms with Gasteiger partial charge in [0, 0.05) is 25.6 Å². The van der Waals surface area contributed by atoms with Crippen LogP contribution in [-0.4, -0.2) is 46.9 Å². The van der Waals surface area contributed by atoms with Gasteiger partial charge in [0.1, 0.15) is 0 Å². The molecule has 1 heterocycles. The van der Waals surface area contributed by atoms with E-state index in [9.17, 15) is 14.4 Å². The number of nitrogens with zero attached hydrogens (tertiary/aromatic N) is 1. The van der Waals surface area contributed by atoms with Crippen molar-refractivity contribution >= 4 is 17.8 Å². The van der Waals surface area contributed by atoms with Crippen LogP contribution >= 0.6 is 0 Å². The van der Waals surface area contributed by atoms with Crippen molar-refractivity contribution in [2.75, 3.05) is 13.1 Å². The molecule has 2 fully saturated rings. The van der Waals surface area contributed by atoms with Crippen molar-refractivity contribution in [3.05, 3.63) is 35.4 Å². The van der Waals surface area contributed by atoms with Crippen LogP contribution in [-0.2, 0) is 16.0 Å². The number of carboxylic acid groups (broad SMARTS) is 1. The number of hydrogen-bond acceptors (Lipinski definition) is 3. The monoisotopic (exact) mass is 344 g/mol. The van der Waals surface area contributed by atoms with Gasteiger partial charge in [-0.05, 0) is 37.0 Å². The molecule has 25 heavy (non-hydrogen) atoms. The number of likely N-dealkylation sites (tertiary alicyclic amines) is 1. The molecule has 1 atom stereocenters. The maximum atomic E-state index is 12.3. The summed E-state index contributed by atoms with van der Waals surface area (Å²) in [6.45, 7) is 0.972. The molecule has 1 aliphatic heterocycles. The molecule has 134 valence electrons. The summed E-state index contributed by atoms with van der Waals surface area (Å²) in [4.78, 5) is 37.4. The zero-order chi connectivity index (χ0) is 17.8. The number of carbonyl (C=O) groups excluding carboxylic acids is 2. The predicted octanol–water partition coefficient (Wildman–Crippen LogP) is 1.83. The zero-order valence-electron chi connectivity index (χ0n) is 14.2. The number of carbonyl (C=O) groups is 3. The lowest BCUT2D eigenvalue weighted by Gasteiger charge is -2.23. The number of amides is 2. The normalized spacial score (nSPS) is 20.9. The second-order valence-electron chi connectivity index (χ2n) is 6.93. The SMILES string of the molecule is O=C(O)c1cccc(CCNC(=O)C2CC(=O)N(C3CCCC3)C2)c1. The Morgan fingerprint density at radius 3 is 2.72 bits per heavy atom. The van der Waals surface area contributed by atoms with E-state index < -0.39 is 5.97 Å². The standard InChI is InChI=1S/C19H24N2O4/c22-17-11-15(12-21(17)16-6-1-2-7-16)18(23)20-9-8-13-4-3-5-14(10-13)19(24)25/h3-5,10,15-16H,1-2,6-9,11-12H2,(H,20,23)(H,24,25). The molecule has 2 amide bonds. The molecule has 1 aromatic carbocycles. The predicted molar refractivity (Wildman–Crippen MR) is 92.2 cm³/mol. The van der Waals surface area contributed by atoms with Gasteiger partial charge in [-0.1, -0.05) is 25.0 Å². The van der Waals surface area contributed by atoms with Gasteiger partial charge in [-0.3, -0.25) is 9.59 Å². The van der Waals surface area contributed by atoms with E-state index in [2.05, 4.69) is 5.32 Å². The third-order valence-electron chi connectivity index (χ3n) is 5.18. The van der Waals surface area contributed by atoms with E-state index in [1.54, 1.807) is 18.2 Å². The van der Waals surface area contributed by atoms with Crippen LogP contribution in [0.2, 0.25) is 0 Å². The number of carboxylic acids is 1. The van der Waals surface area contributed by atoms with Crippen molar-refractivity contribution in [3.63, 3.8) is 0 Å². The highest BCUT2D eigenvalue weighted by Crippen LogP contribution is 2.29. The van der Waals surface area contributed by atoms with Gasteiger partial charge in [0.05, 0.1) is 11.5 Å². The van der Waals surface area contributed by atoms with E-state index in [0.717, 1.165) is 18.4 Å².